The van der Waals surface area contributed by atoms with E-state index in [4.69, 9.17) is 0 Å². The lowest BCUT2D eigenvalue weighted by molar-refractivity contribution is 0.0938. The minimum Gasteiger partial charge on any atom is -0.351 e. The summed E-state index contributed by atoms with van der Waals surface area (Å²) < 4.78 is 16.5. The molecule has 1 fully saturated rings. The summed E-state index contributed by atoms with van der Waals surface area (Å²) in [5.41, 5.74) is 1.83. The van der Waals surface area contributed by atoms with E-state index in [9.17, 15) is 9.18 Å². The standard InChI is InChI=1S/C25H24FN5O/c26-20-8-4-9-21-22(20)19(16-31(21)24-28-13-6-14-29-24)23(32)30-17-25(10-2-1-3-11-25)18-7-5-12-27-15-18/h4-9,12-16H,1-3,10-11,17H2,(H,30,32). The number of carbonyl (C=O) groups excluding carboxylic acids is 1. The van der Waals surface area contributed by atoms with Crippen molar-refractivity contribution in [3.8, 4) is 5.95 Å². The SMILES string of the molecule is O=C(NCC1(c2cccnc2)CCCCC1)c1cn(-c2ncccn2)c2cccc(F)c12. The van der Waals surface area contributed by atoms with E-state index in [1.807, 2.05) is 12.3 Å². The molecular formula is C25H24FN5O. The van der Waals surface area contributed by atoms with E-state index in [1.165, 1.54) is 12.5 Å². The van der Waals surface area contributed by atoms with Crippen LogP contribution in [-0.2, 0) is 5.41 Å². The molecule has 1 N–H and O–H groups in total. The fraction of sp³-hybridized carbons (Fsp3) is 0.280. The zero-order valence-electron chi connectivity index (χ0n) is 17.7. The molecule has 1 aliphatic carbocycles. The van der Waals surface area contributed by atoms with Crippen LogP contribution in [-0.4, -0.2) is 32.0 Å². The van der Waals surface area contributed by atoms with Crippen LogP contribution < -0.4 is 5.32 Å². The highest BCUT2D eigenvalue weighted by atomic mass is 19.1. The molecular weight excluding hydrogens is 405 g/mol. The first-order chi connectivity index (χ1) is 15.7. The van der Waals surface area contributed by atoms with E-state index in [2.05, 4.69) is 26.3 Å². The molecule has 6 nitrogen and oxygen atoms in total. The van der Waals surface area contributed by atoms with Gasteiger partial charge in [-0.25, -0.2) is 14.4 Å². The molecule has 0 spiro atoms. The van der Waals surface area contributed by atoms with Crippen molar-refractivity contribution in [3.05, 3.63) is 84.3 Å². The summed E-state index contributed by atoms with van der Waals surface area (Å²) in [5, 5.41) is 3.38. The van der Waals surface area contributed by atoms with Crippen LogP contribution in [0.3, 0.4) is 0 Å². The molecule has 7 heteroatoms. The number of benzene rings is 1. The average molecular weight is 429 g/mol. The van der Waals surface area contributed by atoms with Crippen LogP contribution in [0.25, 0.3) is 16.9 Å². The Kier molecular flexibility index (Phi) is 5.39. The number of hydrogen-bond acceptors (Lipinski definition) is 4. The number of nitrogens with zero attached hydrogens (tertiary/aromatic N) is 4. The van der Waals surface area contributed by atoms with Gasteiger partial charge in [-0.1, -0.05) is 31.4 Å². The van der Waals surface area contributed by atoms with Gasteiger partial charge in [0.25, 0.3) is 5.91 Å². The van der Waals surface area contributed by atoms with Crippen LogP contribution in [0.5, 0.6) is 0 Å². The first kappa shape index (κ1) is 20.3. The van der Waals surface area contributed by atoms with Crippen LogP contribution in [0.4, 0.5) is 4.39 Å². The average Bonchev–Trinajstić information content (AvgIpc) is 3.25. The van der Waals surface area contributed by atoms with E-state index in [1.54, 1.807) is 47.6 Å². The fourth-order valence-corrected chi connectivity index (χ4v) is 4.81. The van der Waals surface area contributed by atoms with Crippen LogP contribution in [0.2, 0.25) is 0 Å². The molecule has 0 atom stereocenters. The van der Waals surface area contributed by atoms with Gasteiger partial charge in [-0.3, -0.25) is 14.3 Å². The third-order valence-electron chi connectivity index (χ3n) is 6.46. The molecule has 0 bridgehead atoms. The Morgan fingerprint density at radius 2 is 1.84 bits per heavy atom. The van der Waals surface area contributed by atoms with Gasteiger partial charge in [0.2, 0.25) is 5.95 Å². The third kappa shape index (κ3) is 3.64. The number of amides is 1. The molecule has 0 saturated heterocycles. The molecule has 4 aromatic rings. The molecule has 0 unspecified atom stereocenters. The van der Waals surface area contributed by atoms with Gasteiger partial charge >= 0.3 is 0 Å². The van der Waals surface area contributed by atoms with Gasteiger partial charge in [0.1, 0.15) is 5.82 Å². The summed E-state index contributed by atoms with van der Waals surface area (Å²) in [7, 11) is 0. The molecule has 0 aliphatic heterocycles. The second-order valence-electron chi connectivity index (χ2n) is 8.36. The van der Waals surface area contributed by atoms with Crippen molar-refractivity contribution in [2.45, 2.75) is 37.5 Å². The highest BCUT2D eigenvalue weighted by Crippen LogP contribution is 2.39. The predicted octanol–water partition coefficient (Wildman–Crippen LogP) is 4.59. The van der Waals surface area contributed by atoms with Gasteiger partial charge in [-0.15, -0.1) is 0 Å². The van der Waals surface area contributed by atoms with Crippen LogP contribution in [0.1, 0.15) is 48.0 Å². The quantitative estimate of drug-likeness (QED) is 0.504. The first-order valence-corrected chi connectivity index (χ1v) is 10.9. The predicted molar refractivity (Wildman–Crippen MR) is 120 cm³/mol. The van der Waals surface area contributed by atoms with E-state index in [0.717, 1.165) is 31.2 Å². The lowest BCUT2D eigenvalue weighted by atomic mass is 9.70. The Balaban J connectivity index is 1.49. The first-order valence-electron chi connectivity index (χ1n) is 10.9. The maximum atomic E-state index is 14.8. The Labute approximate surface area is 185 Å². The van der Waals surface area contributed by atoms with E-state index in [-0.39, 0.29) is 22.3 Å². The number of aromatic nitrogens is 4. The molecule has 1 aromatic carbocycles. The minimum atomic E-state index is -0.443. The molecule has 3 aromatic heterocycles. The summed E-state index contributed by atoms with van der Waals surface area (Å²) in [6.45, 7) is 0.487. The highest BCUT2D eigenvalue weighted by Gasteiger charge is 2.35. The third-order valence-corrected chi connectivity index (χ3v) is 6.46. The summed E-state index contributed by atoms with van der Waals surface area (Å²) >= 11 is 0. The maximum absolute atomic E-state index is 14.8. The Bertz CT molecular complexity index is 1230. The molecule has 1 amide bonds. The molecule has 32 heavy (non-hydrogen) atoms. The topological polar surface area (TPSA) is 72.7 Å². The molecule has 3 heterocycles. The van der Waals surface area contributed by atoms with Crippen molar-refractivity contribution in [3.63, 3.8) is 0 Å². The van der Waals surface area contributed by atoms with Gasteiger partial charge in [0.15, 0.2) is 0 Å². The van der Waals surface area contributed by atoms with E-state index in [0.29, 0.717) is 18.0 Å². The van der Waals surface area contributed by atoms with Crippen molar-refractivity contribution in [1.82, 2.24) is 24.8 Å². The number of hydrogen-bond donors (Lipinski definition) is 1. The fourth-order valence-electron chi connectivity index (χ4n) is 4.81. The molecule has 1 saturated carbocycles. The Morgan fingerprint density at radius 3 is 2.59 bits per heavy atom. The number of halogens is 1. The number of pyridine rings is 1. The van der Waals surface area contributed by atoms with E-state index >= 15 is 0 Å². The lowest BCUT2D eigenvalue weighted by Gasteiger charge is -2.37. The molecule has 1 aliphatic rings. The number of fused-ring (bicyclic) bond motifs is 1. The largest absolute Gasteiger partial charge is 0.351 e. The minimum absolute atomic E-state index is 0.151. The summed E-state index contributed by atoms with van der Waals surface area (Å²) in [6.07, 6.45) is 13.9. The molecule has 162 valence electrons. The van der Waals surface area contributed by atoms with E-state index < -0.39 is 5.82 Å². The highest BCUT2D eigenvalue weighted by molar-refractivity contribution is 6.07. The second-order valence-corrected chi connectivity index (χ2v) is 8.36. The Hall–Kier alpha value is -3.61. The summed E-state index contributed by atoms with van der Waals surface area (Å²) in [5.74, 6) is -0.355. The number of rotatable bonds is 5. The zero-order valence-corrected chi connectivity index (χ0v) is 17.7. The zero-order chi connectivity index (χ0) is 22.0. The van der Waals surface area contributed by atoms with Crippen LogP contribution >= 0.6 is 0 Å². The molecule has 5 rings (SSSR count). The van der Waals surface area contributed by atoms with Crippen LogP contribution in [0, 0.1) is 5.82 Å². The van der Waals surface area contributed by atoms with Gasteiger partial charge in [0.05, 0.1) is 11.1 Å². The second kappa shape index (κ2) is 8.49. The smallest absolute Gasteiger partial charge is 0.253 e. The maximum Gasteiger partial charge on any atom is 0.253 e. The van der Waals surface area contributed by atoms with Gasteiger partial charge in [-0.05, 0) is 42.7 Å². The normalized spacial score (nSPS) is 15.5. The summed E-state index contributed by atoms with van der Waals surface area (Å²) in [4.78, 5) is 26.1. The van der Waals surface area contributed by atoms with Gasteiger partial charge in [-0.2, -0.15) is 0 Å². The lowest BCUT2D eigenvalue weighted by Crippen LogP contribution is -2.42. The Morgan fingerprint density at radius 1 is 1.03 bits per heavy atom. The number of carbonyl (C=O) groups is 1. The van der Waals surface area contributed by atoms with Crippen LogP contribution in [0.15, 0.2) is 67.4 Å². The van der Waals surface area contributed by atoms with Crippen molar-refractivity contribution >= 4 is 16.8 Å². The van der Waals surface area contributed by atoms with Crippen molar-refractivity contribution < 1.29 is 9.18 Å². The number of nitrogens with one attached hydrogen (secondary N) is 1. The van der Waals surface area contributed by atoms with Crippen molar-refractivity contribution in [1.29, 1.82) is 0 Å². The summed E-state index contributed by atoms with van der Waals surface area (Å²) in [6, 6.07) is 10.5. The monoisotopic (exact) mass is 429 g/mol. The van der Waals surface area contributed by atoms with Crippen molar-refractivity contribution in [2.24, 2.45) is 0 Å². The molecule has 0 radical (unpaired) electrons. The van der Waals surface area contributed by atoms with Gasteiger partial charge in [0, 0.05) is 48.3 Å². The van der Waals surface area contributed by atoms with Crippen molar-refractivity contribution in [2.75, 3.05) is 6.54 Å². The van der Waals surface area contributed by atoms with Gasteiger partial charge < -0.3 is 5.32 Å².